The Hall–Kier alpha value is -3.34. The molecule has 5 rings (SSSR count). The predicted octanol–water partition coefficient (Wildman–Crippen LogP) is 3.85. The van der Waals surface area contributed by atoms with E-state index in [1.165, 1.54) is 12.3 Å². The van der Waals surface area contributed by atoms with Crippen molar-refractivity contribution in [3.05, 3.63) is 42.0 Å². The van der Waals surface area contributed by atoms with Gasteiger partial charge in [-0.2, -0.15) is 0 Å². The van der Waals surface area contributed by atoms with Gasteiger partial charge in [0.15, 0.2) is 17.5 Å². The maximum atomic E-state index is 14.5. The first-order chi connectivity index (χ1) is 16.5. The molecule has 180 valence electrons. The normalized spacial score (nSPS) is 22.6. The van der Waals surface area contributed by atoms with Gasteiger partial charge < -0.3 is 25.7 Å². The summed E-state index contributed by atoms with van der Waals surface area (Å²) in [7, 11) is 0. The van der Waals surface area contributed by atoms with Crippen LogP contribution in [-0.2, 0) is 4.74 Å². The maximum Gasteiger partial charge on any atom is 0.315 e. The van der Waals surface area contributed by atoms with Crippen LogP contribution in [0.25, 0.3) is 22.3 Å². The van der Waals surface area contributed by atoms with Gasteiger partial charge in [-0.25, -0.2) is 27.9 Å². The highest BCUT2D eigenvalue weighted by Gasteiger charge is 2.26. The van der Waals surface area contributed by atoms with Crippen LogP contribution in [0.4, 0.5) is 23.8 Å². The lowest BCUT2D eigenvalue weighted by molar-refractivity contribution is 0.187. The summed E-state index contributed by atoms with van der Waals surface area (Å²) >= 11 is 0. The molecular weight excluding hydrogens is 449 g/mol. The number of H-pyrrole nitrogens is 1. The zero-order valence-corrected chi connectivity index (χ0v) is 18.3. The molecule has 1 aliphatic carbocycles. The molecule has 1 aromatic carbocycles. The first-order valence-corrected chi connectivity index (χ1v) is 11.4. The number of ether oxygens (including phenoxy) is 1. The smallest absolute Gasteiger partial charge is 0.315 e. The minimum absolute atomic E-state index is 0.00873. The van der Waals surface area contributed by atoms with Crippen LogP contribution in [0.15, 0.2) is 24.5 Å². The number of rotatable bonds is 5. The number of benzene rings is 1. The van der Waals surface area contributed by atoms with Gasteiger partial charge in [0.05, 0.1) is 24.4 Å². The minimum atomic E-state index is -0.730. The SMILES string of the molecule is O=C(NC1CCOC1)N[C@H]1CCC[C@@H](Nc2nc(-c3c[nH]c4c(F)cc(F)cc34)ncc2F)C1. The number of halogens is 3. The number of amides is 2. The third-order valence-electron chi connectivity index (χ3n) is 6.31. The van der Waals surface area contributed by atoms with Crippen molar-refractivity contribution in [2.45, 2.75) is 50.2 Å². The summed E-state index contributed by atoms with van der Waals surface area (Å²) in [5.74, 6) is -1.93. The number of nitrogens with zero attached hydrogens (tertiary/aromatic N) is 2. The highest BCUT2D eigenvalue weighted by Crippen LogP contribution is 2.30. The van der Waals surface area contributed by atoms with E-state index in [1.54, 1.807) is 0 Å². The largest absolute Gasteiger partial charge is 0.379 e. The quantitative estimate of drug-likeness (QED) is 0.450. The van der Waals surface area contributed by atoms with Crippen LogP contribution in [-0.4, -0.2) is 52.3 Å². The Bertz CT molecular complexity index is 1200. The third-order valence-corrected chi connectivity index (χ3v) is 6.31. The summed E-state index contributed by atoms with van der Waals surface area (Å²) < 4.78 is 47.6. The zero-order chi connectivity index (χ0) is 23.7. The summed E-state index contributed by atoms with van der Waals surface area (Å²) in [5, 5.41) is 9.30. The number of hydrogen-bond acceptors (Lipinski definition) is 5. The van der Waals surface area contributed by atoms with Crippen molar-refractivity contribution >= 4 is 22.8 Å². The number of urea groups is 1. The Morgan fingerprint density at radius 2 is 1.88 bits per heavy atom. The van der Waals surface area contributed by atoms with E-state index in [4.69, 9.17) is 4.74 Å². The van der Waals surface area contributed by atoms with Crippen LogP contribution in [0.3, 0.4) is 0 Å². The van der Waals surface area contributed by atoms with E-state index in [2.05, 4.69) is 30.9 Å². The molecule has 3 atom stereocenters. The molecule has 2 aromatic heterocycles. The highest BCUT2D eigenvalue weighted by molar-refractivity contribution is 5.94. The van der Waals surface area contributed by atoms with Gasteiger partial charge in [0, 0.05) is 41.9 Å². The van der Waals surface area contributed by atoms with Gasteiger partial charge in [-0.3, -0.25) is 0 Å². The van der Waals surface area contributed by atoms with Crippen molar-refractivity contribution in [2.24, 2.45) is 0 Å². The fourth-order valence-corrected chi connectivity index (χ4v) is 4.64. The van der Waals surface area contributed by atoms with Gasteiger partial charge in [-0.15, -0.1) is 0 Å². The average Bonchev–Trinajstić information content (AvgIpc) is 3.45. The second kappa shape index (κ2) is 9.49. The number of carbonyl (C=O) groups is 1. The van der Waals surface area contributed by atoms with E-state index in [-0.39, 0.29) is 46.7 Å². The van der Waals surface area contributed by atoms with Crippen molar-refractivity contribution in [3.8, 4) is 11.4 Å². The zero-order valence-electron chi connectivity index (χ0n) is 18.3. The maximum absolute atomic E-state index is 14.5. The minimum Gasteiger partial charge on any atom is -0.379 e. The van der Waals surface area contributed by atoms with Crippen molar-refractivity contribution in [2.75, 3.05) is 18.5 Å². The standard InChI is InChI=1S/C23H25F3N6O2/c24-12-6-16-17(9-27-20(16)18(25)7-12)21-28-10-19(26)22(32-21)29-13-2-1-3-14(8-13)30-23(33)31-15-4-5-34-11-15/h6-7,9-10,13-15,27H,1-5,8,11H2,(H,28,29,32)(H2,30,31,33)/t13-,14+,15?/m1/s1. The molecule has 8 nitrogen and oxygen atoms in total. The third kappa shape index (κ3) is 4.79. The molecule has 1 unspecified atom stereocenters. The van der Waals surface area contributed by atoms with Crippen molar-refractivity contribution < 1.29 is 22.7 Å². The van der Waals surface area contributed by atoms with Gasteiger partial charge in [0.2, 0.25) is 0 Å². The molecule has 2 aliphatic rings. The fourth-order valence-electron chi connectivity index (χ4n) is 4.64. The van der Waals surface area contributed by atoms with Crippen LogP contribution in [0, 0.1) is 17.5 Å². The number of carbonyl (C=O) groups excluding carboxylic acids is 1. The second-order valence-corrected chi connectivity index (χ2v) is 8.79. The number of aromatic amines is 1. The molecule has 1 aliphatic heterocycles. The van der Waals surface area contributed by atoms with Crippen molar-refractivity contribution in [1.29, 1.82) is 0 Å². The summed E-state index contributed by atoms with van der Waals surface area (Å²) in [5.41, 5.74) is 0.495. The molecule has 34 heavy (non-hydrogen) atoms. The summed E-state index contributed by atoms with van der Waals surface area (Å²) in [6.45, 7) is 1.17. The van der Waals surface area contributed by atoms with Crippen molar-refractivity contribution in [1.82, 2.24) is 25.6 Å². The van der Waals surface area contributed by atoms with E-state index in [1.807, 2.05) is 0 Å². The molecule has 11 heteroatoms. The van der Waals surface area contributed by atoms with Gasteiger partial charge in [-0.05, 0) is 38.2 Å². The van der Waals surface area contributed by atoms with Crippen LogP contribution in [0.5, 0.6) is 0 Å². The van der Waals surface area contributed by atoms with Crippen molar-refractivity contribution in [3.63, 3.8) is 0 Å². The lowest BCUT2D eigenvalue weighted by Crippen LogP contribution is -2.49. The van der Waals surface area contributed by atoms with Crippen LogP contribution in [0.1, 0.15) is 32.1 Å². The van der Waals surface area contributed by atoms with Gasteiger partial charge in [0.25, 0.3) is 0 Å². The molecule has 0 bridgehead atoms. The Labute approximate surface area is 193 Å². The predicted molar refractivity (Wildman–Crippen MR) is 120 cm³/mol. The van der Waals surface area contributed by atoms with E-state index in [0.717, 1.165) is 37.9 Å². The van der Waals surface area contributed by atoms with E-state index >= 15 is 0 Å². The topological polar surface area (TPSA) is 104 Å². The Kier molecular flexibility index (Phi) is 6.27. The Morgan fingerprint density at radius 1 is 1.06 bits per heavy atom. The number of anilines is 1. The molecule has 3 aromatic rings. The van der Waals surface area contributed by atoms with Gasteiger partial charge in [-0.1, -0.05) is 0 Å². The molecule has 3 heterocycles. The van der Waals surface area contributed by atoms with Crippen LogP contribution < -0.4 is 16.0 Å². The van der Waals surface area contributed by atoms with E-state index in [0.29, 0.717) is 25.2 Å². The molecule has 2 amide bonds. The molecular formula is C23H25F3N6O2. The van der Waals surface area contributed by atoms with Crippen LogP contribution >= 0.6 is 0 Å². The summed E-state index contributed by atoms with van der Waals surface area (Å²) in [4.78, 5) is 23.4. The monoisotopic (exact) mass is 474 g/mol. The Balaban J connectivity index is 1.28. The molecule has 0 spiro atoms. The van der Waals surface area contributed by atoms with E-state index < -0.39 is 17.5 Å². The molecule has 0 radical (unpaired) electrons. The molecule has 4 N–H and O–H groups in total. The summed E-state index contributed by atoms with van der Waals surface area (Å²) in [6, 6.07) is 1.61. The number of fused-ring (bicyclic) bond motifs is 1. The van der Waals surface area contributed by atoms with E-state index in [9.17, 15) is 18.0 Å². The molecule has 1 saturated heterocycles. The number of hydrogen-bond donors (Lipinski definition) is 4. The summed E-state index contributed by atoms with van der Waals surface area (Å²) in [6.07, 6.45) is 6.39. The lowest BCUT2D eigenvalue weighted by atomic mass is 9.91. The van der Waals surface area contributed by atoms with Gasteiger partial charge in [0.1, 0.15) is 11.6 Å². The van der Waals surface area contributed by atoms with Crippen LogP contribution in [0.2, 0.25) is 0 Å². The lowest BCUT2D eigenvalue weighted by Gasteiger charge is -2.31. The number of aromatic nitrogens is 3. The number of nitrogens with one attached hydrogen (secondary N) is 4. The fraction of sp³-hybridized carbons (Fsp3) is 0.435. The Morgan fingerprint density at radius 3 is 2.71 bits per heavy atom. The second-order valence-electron chi connectivity index (χ2n) is 8.79. The average molecular weight is 474 g/mol. The van der Waals surface area contributed by atoms with Gasteiger partial charge >= 0.3 is 6.03 Å². The highest BCUT2D eigenvalue weighted by atomic mass is 19.1. The first kappa shape index (κ1) is 22.5. The molecule has 2 fully saturated rings. The first-order valence-electron chi connectivity index (χ1n) is 11.4. The molecule has 1 saturated carbocycles.